The molecule has 0 aromatic rings. The minimum Gasteiger partial charge on any atom is -0.481 e. The molecule has 0 saturated carbocycles. The number of carboxylic acids is 1. The van der Waals surface area contributed by atoms with E-state index in [9.17, 15) is 9.90 Å². The summed E-state index contributed by atoms with van der Waals surface area (Å²) in [6, 6.07) is 0. The van der Waals surface area contributed by atoms with E-state index in [1.54, 1.807) is 0 Å². The molecule has 46 heavy (non-hydrogen) atoms. The normalized spacial score (nSPS) is 12.3. The van der Waals surface area contributed by atoms with E-state index in [1.807, 2.05) is 0 Å². The molecule has 0 aliphatic rings. The molecule has 0 atom stereocenters. The number of rotatable bonds is 38. The number of hydrogen-bond donors (Lipinski definition) is 1. The molecule has 0 bridgehead atoms. The summed E-state index contributed by atoms with van der Waals surface area (Å²) in [6.07, 6.45) is 45.2. The lowest BCUT2D eigenvalue weighted by Gasteiger charge is -2.50. The van der Waals surface area contributed by atoms with Crippen LogP contribution in [0.3, 0.4) is 0 Å². The maximum atomic E-state index is 14.0. The summed E-state index contributed by atoms with van der Waals surface area (Å²) in [5.41, 5.74) is -0.581. The predicted molar refractivity (Wildman–Crippen MR) is 207 cm³/mol. The van der Waals surface area contributed by atoms with Gasteiger partial charge >= 0.3 is 5.97 Å². The van der Waals surface area contributed by atoms with Crippen molar-refractivity contribution in [2.24, 2.45) is 10.8 Å². The molecule has 0 unspecified atom stereocenters. The van der Waals surface area contributed by atoms with Gasteiger partial charge in [-0.1, -0.05) is 234 Å². The van der Waals surface area contributed by atoms with E-state index in [2.05, 4.69) is 34.6 Å². The van der Waals surface area contributed by atoms with Crippen LogP contribution in [0.15, 0.2) is 0 Å². The third-order valence-electron chi connectivity index (χ3n) is 11.6. The molecule has 0 spiro atoms. The van der Waals surface area contributed by atoms with Gasteiger partial charge < -0.3 is 5.11 Å². The lowest BCUT2D eigenvalue weighted by atomic mass is 9.53. The molecule has 2 heteroatoms. The average Bonchev–Trinajstić information content (AvgIpc) is 3.05. The third kappa shape index (κ3) is 21.4. The van der Waals surface area contributed by atoms with E-state index in [1.165, 1.54) is 186 Å². The van der Waals surface area contributed by atoms with Crippen molar-refractivity contribution in [1.29, 1.82) is 0 Å². The van der Waals surface area contributed by atoms with Gasteiger partial charge in [-0.25, -0.2) is 0 Å². The molecule has 0 aliphatic carbocycles. The molecular formula is C44H88O2. The van der Waals surface area contributed by atoms with E-state index in [0.29, 0.717) is 0 Å². The molecular weight excluding hydrogens is 560 g/mol. The Labute approximate surface area is 291 Å². The Bertz CT molecular complexity index is 593. The average molecular weight is 649 g/mol. The zero-order chi connectivity index (χ0) is 34.0. The van der Waals surface area contributed by atoms with Gasteiger partial charge in [0.15, 0.2) is 0 Å². The second-order valence-corrected chi connectivity index (χ2v) is 15.6. The van der Waals surface area contributed by atoms with Crippen LogP contribution < -0.4 is 0 Å². The molecule has 0 saturated heterocycles. The number of carbonyl (C=O) groups is 1. The fourth-order valence-electron chi connectivity index (χ4n) is 8.51. The van der Waals surface area contributed by atoms with Crippen molar-refractivity contribution in [2.45, 2.75) is 266 Å². The van der Waals surface area contributed by atoms with Gasteiger partial charge in [0.2, 0.25) is 0 Å². The first-order chi connectivity index (χ1) is 22.5. The molecule has 0 aromatic carbocycles. The Morgan fingerprint density at radius 3 is 0.739 bits per heavy atom. The van der Waals surface area contributed by atoms with E-state index in [0.717, 1.165) is 44.9 Å². The molecule has 276 valence electrons. The van der Waals surface area contributed by atoms with Crippen LogP contribution in [0.5, 0.6) is 0 Å². The third-order valence-corrected chi connectivity index (χ3v) is 11.6. The van der Waals surface area contributed by atoms with Crippen LogP contribution in [0.4, 0.5) is 0 Å². The molecule has 0 fully saturated rings. The highest BCUT2D eigenvalue weighted by atomic mass is 16.4. The fraction of sp³-hybridized carbons (Fsp3) is 0.977. The van der Waals surface area contributed by atoms with Gasteiger partial charge in [-0.15, -0.1) is 0 Å². The van der Waals surface area contributed by atoms with Gasteiger partial charge in [-0.05, 0) is 37.5 Å². The molecule has 0 heterocycles. The first-order valence-electron chi connectivity index (χ1n) is 21.7. The van der Waals surface area contributed by atoms with Crippen molar-refractivity contribution >= 4 is 5.97 Å². The summed E-state index contributed by atoms with van der Waals surface area (Å²) >= 11 is 0. The van der Waals surface area contributed by atoms with Crippen LogP contribution in [0.2, 0.25) is 0 Å². The zero-order valence-electron chi connectivity index (χ0n) is 32.8. The SMILES string of the molecule is CCCCCCCCCC(CCCCCCCC)(CCCCCCCC)C(CCCCCCCC)(CCCCCCCC)C(=O)O. The second kappa shape index (κ2) is 33.0. The summed E-state index contributed by atoms with van der Waals surface area (Å²) in [5.74, 6) is -0.422. The van der Waals surface area contributed by atoms with E-state index < -0.39 is 11.4 Å². The number of carboxylic acid groups (broad SMARTS) is 1. The number of hydrogen-bond acceptors (Lipinski definition) is 1. The molecule has 0 radical (unpaired) electrons. The van der Waals surface area contributed by atoms with Crippen molar-refractivity contribution in [1.82, 2.24) is 0 Å². The van der Waals surface area contributed by atoms with Crippen molar-refractivity contribution in [2.75, 3.05) is 0 Å². The van der Waals surface area contributed by atoms with Crippen LogP contribution in [0.1, 0.15) is 266 Å². The molecule has 0 aliphatic heterocycles. The Kier molecular flexibility index (Phi) is 32.6. The van der Waals surface area contributed by atoms with Gasteiger partial charge in [0, 0.05) is 0 Å². The van der Waals surface area contributed by atoms with E-state index in [4.69, 9.17) is 0 Å². The van der Waals surface area contributed by atoms with Crippen molar-refractivity contribution in [3.63, 3.8) is 0 Å². The Hall–Kier alpha value is -0.530. The first kappa shape index (κ1) is 45.5. The molecule has 1 N–H and O–H groups in total. The van der Waals surface area contributed by atoms with Crippen LogP contribution in [0, 0.1) is 10.8 Å². The lowest BCUT2D eigenvalue weighted by molar-refractivity contribution is -0.164. The van der Waals surface area contributed by atoms with Gasteiger partial charge in [-0.3, -0.25) is 4.79 Å². The molecule has 0 aromatic heterocycles. The maximum absolute atomic E-state index is 14.0. The largest absolute Gasteiger partial charge is 0.481 e. The highest BCUT2D eigenvalue weighted by Gasteiger charge is 2.54. The second-order valence-electron chi connectivity index (χ2n) is 15.6. The quantitative estimate of drug-likeness (QED) is 0.0676. The minimum atomic E-state index is -0.544. The van der Waals surface area contributed by atoms with Gasteiger partial charge in [0.1, 0.15) is 0 Å². The Balaban J connectivity index is 6.25. The van der Waals surface area contributed by atoms with E-state index >= 15 is 0 Å². The molecule has 0 amide bonds. The lowest BCUT2D eigenvalue weighted by Crippen LogP contribution is -2.48. The fourth-order valence-corrected chi connectivity index (χ4v) is 8.51. The smallest absolute Gasteiger partial charge is 0.310 e. The predicted octanol–water partition coefficient (Wildman–Crippen LogP) is 16.2. The molecule has 2 nitrogen and oxygen atoms in total. The number of aliphatic carboxylic acids is 1. The van der Waals surface area contributed by atoms with Crippen molar-refractivity contribution < 1.29 is 9.90 Å². The molecule has 0 rings (SSSR count). The highest BCUT2D eigenvalue weighted by Crippen LogP contribution is 2.57. The summed E-state index contributed by atoms with van der Waals surface area (Å²) < 4.78 is 0. The highest BCUT2D eigenvalue weighted by molar-refractivity contribution is 5.76. The van der Waals surface area contributed by atoms with Gasteiger partial charge in [-0.2, -0.15) is 0 Å². The van der Waals surface area contributed by atoms with Crippen LogP contribution >= 0.6 is 0 Å². The van der Waals surface area contributed by atoms with E-state index in [-0.39, 0.29) is 5.41 Å². The van der Waals surface area contributed by atoms with Gasteiger partial charge in [0.05, 0.1) is 5.41 Å². The first-order valence-corrected chi connectivity index (χ1v) is 21.7. The minimum absolute atomic E-state index is 0.0371. The van der Waals surface area contributed by atoms with Crippen molar-refractivity contribution in [3.8, 4) is 0 Å². The monoisotopic (exact) mass is 649 g/mol. The summed E-state index contributed by atoms with van der Waals surface area (Å²) in [5, 5.41) is 11.5. The topological polar surface area (TPSA) is 37.3 Å². The van der Waals surface area contributed by atoms with Crippen LogP contribution in [0.25, 0.3) is 0 Å². The summed E-state index contributed by atoms with van der Waals surface area (Å²) in [7, 11) is 0. The number of unbranched alkanes of at least 4 members (excludes halogenated alkanes) is 26. The Morgan fingerprint density at radius 1 is 0.326 bits per heavy atom. The van der Waals surface area contributed by atoms with Crippen molar-refractivity contribution in [3.05, 3.63) is 0 Å². The maximum Gasteiger partial charge on any atom is 0.310 e. The van der Waals surface area contributed by atoms with Crippen LogP contribution in [-0.4, -0.2) is 11.1 Å². The standard InChI is InChI=1S/C44H88O2/c1-6-11-16-21-26-29-34-39-43(37-32-27-22-17-12-7-2,38-33-28-23-18-13-8-3)44(42(45)46,40-35-30-24-19-14-9-4)41-36-31-25-20-15-10-5/h6-41H2,1-5H3,(H,45,46). The van der Waals surface area contributed by atoms with Gasteiger partial charge in [0.25, 0.3) is 0 Å². The summed E-state index contributed by atoms with van der Waals surface area (Å²) in [4.78, 5) is 14.0. The van der Waals surface area contributed by atoms with Crippen LogP contribution in [-0.2, 0) is 4.79 Å². The zero-order valence-corrected chi connectivity index (χ0v) is 32.8. The summed E-state index contributed by atoms with van der Waals surface area (Å²) in [6.45, 7) is 11.5. The Morgan fingerprint density at radius 2 is 0.522 bits per heavy atom.